The van der Waals surface area contributed by atoms with E-state index >= 15 is 0 Å². The number of nitro benzene ring substituents is 3. The normalized spacial score (nSPS) is 10.3. The van der Waals surface area contributed by atoms with E-state index in [2.05, 4.69) is 0 Å². The highest BCUT2D eigenvalue weighted by Crippen LogP contribution is 2.34. The molecule has 0 bridgehead atoms. The minimum absolute atomic E-state index is 0.0290. The first-order valence-corrected chi connectivity index (χ1v) is 11.6. The lowest BCUT2D eigenvalue weighted by Crippen LogP contribution is -2.13. The number of non-ortho nitro benzene ring substituents is 3. The largest absolute Gasteiger partial charge is 0.423 e. The van der Waals surface area contributed by atoms with Crippen LogP contribution < -0.4 is 14.2 Å². The van der Waals surface area contributed by atoms with Crippen molar-refractivity contribution >= 4 is 35.0 Å². The van der Waals surface area contributed by atoms with Gasteiger partial charge in [0.05, 0.1) is 31.5 Å². The van der Waals surface area contributed by atoms with Gasteiger partial charge in [-0.05, 0) is 48.5 Å². The highest BCUT2D eigenvalue weighted by atomic mass is 16.6. The number of benzene rings is 4. The summed E-state index contributed by atoms with van der Waals surface area (Å²) in [5.41, 5.74) is -0.971. The summed E-state index contributed by atoms with van der Waals surface area (Å²) >= 11 is 0. The van der Waals surface area contributed by atoms with Gasteiger partial charge >= 0.3 is 17.9 Å². The van der Waals surface area contributed by atoms with Crippen molar-refractivity contribution in [3.05, 3.63) is 138 Å². The van der Waals surface area contributed by atoms with Crippen molar-refractivity contribution in [2.45, 2.75) is 0 Å². The molecule has 0 N–H and O–H groups in total. The maximum Gasteiger partial charge on any atom is 0.343 e. The molecule has 0 fully saturated rings. The Kier molecular flexibility index (Phi) is 8.22. The van der Waals surface area contributed by atoms with Gasteiger partial charge in [-0.2, -0.15) is 0 Å². The minimum Gasteiger partial charge on any atom is -0.423 e. The number of nitro groups is 3. The smallest absolute Gasteiger partial charge is 0.343 e. The van der Waals surface area contributed by atoms with Gasteiger partial charge in [0.15, 0.2) is 11.5 Å². The summed E-state index contributed by atoms with van der Waals surface area (Å²) in [6.45, 7) is 0. The van der Waals surface area contributed by atoms with Crippen LogP contribution in [0, 0.1) is 30.3 Å². The first-order chi connectivity index (χ1) is 20.0. The van der Waals surface area contributed by atoms with Gasteiger partial charge in [0.1, 0.15) is 5.75 Å². The standard InChI is InChI=1S/C27H15N3O12/c31-25(16-1-7-19(8-2-16)28(34)35)40-22-13-14-23(41-26(32)17-3-9-20(10-4-17)29(36)37)24(15-22)42-27(33)18-5-11-21(12-6-18)30(38)39/h1-15H. The molecule has 0 aliphatic rings. The number of esters is 3. The third-order valence-electron chi connectivity index (χ3n) is 5.47. The van der Waals surface area contributed by atoms with E-state index in [0.29, 0.717) is 0 Å². The second-order valence-electron chi connectivity index (χ2n) is 8.19. The van der Waals surface area contributed by atoms with Crippen LogP contribution >= 0.6 is 0 Å². The molecule has 0 unspecified atom stereocenters. The number of nitrogens with zero attached hydrogens (tertiary/aromatic N) is 3. The fourth-order valence-corrected chi connectivity index (χ4v) is 3.36. The Labute approximate surface area is 233 Å². The zero-order valence-electron chi connectivity index (χ0n) is 20.9. The second kappa shape index (κ2) is 12.1. The molecule has 210 valence electrons. The maximum absolute atomic E-state index is 12.8. The summed E-state index contributed by atoms with van der Waals surface area (Å²) in [6, 6.07) is 16.9. The molecule has 15 heteroatoms. The van der Waals surface area contributed by atoms with E-state index in [-0.39, 0.29) is 51.0 Å². The molecular weight excluding hydrogens is 558 g/mol. The van der Waals surface area contributed by atoms with Crippen LogP contribution in [-0.4, -0.2) is 32.7 Å². The zero-order valence-corrected chi connectivity index (χ0v) is 20.9. The van der Waals surface area contributed by atoms with Crippen LogP contribution in [0.1, 0.15) is 31.1 Å². The summed E-state index contributed by atoms with van der Waals surface area (Å²) in [5, 5.41) is 32.6. The number of hydrogen-bond donors (Lipinski definition) is 0. The summed E-state index contributed by atoms with van der Waals surface area (Å²) in [5.74, 6) is -3.73. The summed E-state index contributed by atoms with van der Waals surface area (Å²) in [7, 11) is 0. The van der Waals surface area contributed by atoms with Crippen LogP contribution in [0.5, 0.6) is 17.2 Å². The molecule has 4 aromatic rings. The minimum atomic E-state index is -1.00. The molecule has 4 aromatic carbocycles. The Morgan fingerprint density at radius 3 is 1.14 bits per heavy atom. The van der Waals surface area contributed by atoms with Crippen LogP contribution in [0.2, 0.25) is 0 Å². The van der Waals surface area contributed by atoms with Crippen LogP contribution in [0.25, 0.3) is 0 Å². The lowest BCUT2D eigenvalue weighted by Gasteiger charge is -2.13. The molecule has 0 saturated heterocycles. The fourth-order valence-electron chi connectivity index (χ4n) is 3.36. The predicted molar refractivity (Wildman–Crippen MR) is 141 cm³/mol. The SMILES string of the molecule is O=C(Oc1ccc(OC(=O)c2ccc([N+](=O)[O-])cc2)c(OC(=O)c2ccc([N+](=O)[O-])cc2)c1)c1ccc([N+](=O)[O-])cc1. The molecule has 15 nitrogen and oxygen atoms in total. The summed E-state index contributed by atoms with van der Waals surface area (Å²) in [6.07, 6.45) is 0. The van der Waals surface area contributed by atoms with E-state index in [9.17, 15) is 44.7 Å². The van der Waals surface area contributed by atoms with Crippen molar-refractivity contribution in [2.24, 2.45) is 0 Å². The lowest BCUT2D eigenvalue weighted by molar-refractivity contribution is -0.385. The molecule has 4 rings (SSSR count). The third kappa shape index (κ3) is 6.73. The number of carbonyl (C=O) groups excluding carboxylic acids is 3. The van der Waals surface area contributed by atoms with Crippen LogP contribution in [0.4, 0.5) is 17.1 Å². The van der Waals surface area contributed by atoms with E-state index in [4.69, 9.17) is 14.2 Å². The monoisotopic (exact) mass is 573 g/mol. The highest BCUT2D eigenvalue weighted by molar-refractivity contribution is 5.94. The van der Waals surface area contributed by atoms with Crippen LogP contribution in [-0.2, 0) is 0 Å². The average Bonchev–Trinajstić information content (AvgIpc) is 2.98. The van der Waals surface area contributed by atoms with E-state index in [1.807, 2.05) is 0 Å². The topological polar surface area (TPSA) is 208 Å². The summed E-state index contributed by atoms with van der Waals surface area (Å²) < 4.78 is 15.9. The molecule has 0 heterocycles. The van der Waals surface area contributed by atoms with Gasteiger partial charge in [-0.3, -0.25) is 30.3 Å². The lowest BCUT2D eigenvalue weighted by atomic mass is 10.2. The van der Waals surface area contributed by atoms with Crippen molar-refractivity contribution in [2.75, 3.05) is 0 Å². The second-order valence-corrected chi connectivity index (χ2v) is 8.19. The molecule has 42 heavy (non-hydrogen) atoms. The molecule has 0 amide bonds. The summed E-state index contributed by atoms with van der Waals surface area (Å²) in [4.78, 5) is 68.7. The maximum atomic E-state index is 12.8. The first-order valence-electron chi connectivity index (χ1n) is 11.6. The Balaban J connectivity index is 1.61. The Hall–Kier alpha value is -6.51. The molecule has 0 atom stereocenters. The third-order valence-corrected chi connectivity index (χ3v) is 5.47. The van der Waals surface area contributed by atoms with E-state index in [1.54, 1.807) is 0 Å². The van der Waals surface area contributed by atoms with Gasteiger partial charge in [0.25, 0.3) is 17.1 Å². The van der Waals surface area contributed by atoms with Crippen molar-refractivity contribution in [3.63, 3.8) is 0 Å². The Morgan fingerprint density at radius 1 is 0.452 bits per heavy atom. The van der Waals surface area contributed by atoms with Crippen LogP contribution in [0.15, 0.2) is 91.0 Å². The molecule has 0 aliphatic carbocycles. The molecule has 0 aromatic heterocycles. The zero-order chi connectivity index (χ0) is 30.4. The van der Waals surface area contributed by atoms with Crippen LogP contribution in [0.3, 0.4) is 0 Å². The van der Waals surface area contributed by atoms with E-state index in [0.717, 1.165) is 72.8 Å². The molecule has 0 aliphatic heterocycles. The Morgan fingerprint density at radius 2 is 0.786 bits per heavy atom. The quantitative estimate of drug-likeness (QED) is 0.111. The number of carbonyl (C=O) groups is 3. The van der Waals surface area contributed by atoms with Crippen molar-refractivity contribution in [1.82, 2.24) is 0 Å². The highest BCUT2D eigenvalue weighted by Gasteiger charge is 2.20. The number of rotatable bonds is 9. The number of hydrogen-bond acceptors (Lipinski definition) is 12. The molecule has 0 saturated carbocycles. The molecular formula is C27H15N3O12. The van der Waals surface area contributed by atoms with E-state index < -0.39 is 32.7 Å². The van der Waals surface area contributed by atoms with Gasteiger partial charge in [-0.25, -0.2) is 14.4 Å². The Bertz CT molecular complexity index is 1720. The average molecular weight is 573 g/mol. The van der Waals surface area contributed by atoms with Crippen molar-refractivity contribution in [1.29, 1.82) is 0 Å². The molecule has 0 spiro atoms. The van der Waals surface area contributed by atoms with Crippen molar-refractivity contribution < 1.29 is 43.4 Å². The van der Waals surface area contributed by atoms with Gasteiger partial charge in [-0.1, -0.05) is 0 Å². The fraction of sp³-hybridized carbons (Fsp3) is 0. The first kappa shape index (κ1) is 28.5. The van der Waals surface area contributed by atoms with Gasteiger partial charge in [-0.15, -0.1) is 0 Å². The molecule has 0 radical (unpaired) electrons. The van der Waals surface area contributed by atoms with E-state index in [1.165, 1.54) is 18.2 Å². The van der Waals surface area contributed by atoms with Gasteiger partial charge in [0, 0.05) is 42.5 Å². The van der Waals surface area contributed by atoms with Crippen molar-refractivity contribution in [3.8, 4) is 17.2 Å². The predicted octanol–water partition coefficient (Wildman–Crippen LogP) is 5.07. The van der Waals surface area contributed by atoms with Gasteiger partial charge in [0.2, 0.25) is 0 Å². The van der Waals surface area contributed by atoms with Gasteiger partial charge < -0.3 is 14.2 Å². The number of ether oxygens (including phenoxy) is 3.